The molecule has 8 nitrogen and oxygen atoms in total. The van der Waals surface area contributed by atoms with Gasteiger partial charge in [-0.3, -0.25) is 25.0 Å². The Bertz CT molecular complexity index is 889. The molecule has 0 aliphatic heterocycles. The Kier molecular flexibility index (Phi) is 7.54. The van der Waals surface area contributed by atoms with E-state index in [0.29, 0.717) is 24.1 Å². The number of rotatable bonds is 5. The molecule has 2 aromatic carbocycles. The predicted molar refractivity (Wildman–Crippen MR) is 86.7 cm³/mol. The molecule has 12 heteroatoms. The molecule has 0 spiro atoms. The van der Waals surface area contributed by atoms with Gasteiger partial charge in [-0.2, -0.15) is 17.6 Å². The molecule has 0 radical (unpaired) electrons. The molecule has 0 aromatic heterocycles. The van der Waals surface area contributed by atoms with Crippen LogP contribution in [-0.2, 0) is 17.6 Å². The van der Waals surface area contributed by atoms with Crippen molar-refractivity contribution in [3.63, 3.8) is 0 Å². The quantitative estimate of drug-likeness (QED) is 0.457. The first-order valence-electron chi connectivity index (χ1n) is 7.44. The third-order valence-corrected chi connectivity index (χ3v) is 3.28. The molecule has 0 aliphatic carbocycles. The Hall–Kier alpha value is -3.57. The lowest BCUT2D eigenvalue weighted by Crippen LogP contribution is -2.03. The minimum Gasteiger partial charge on any atom is -0.481 e. The highest BCUT2D eigenvalue weighted by molar-refractivity contribution is 5.70. The first kappa shape index (κ1) is 22.5. The molecule has 0 atom stereocenters. The van der Waals surface area contributed by atoms with E-state index >= 15 is 0 Å². The van der Waals surface area contributed by atoms with Crippen molar-refractivity contribution in [1.29, 1.82) is 0 Å². The Labute approximate surface area is 154 Å². The van der Waals surface area contributed by atoms with Gasteiger partial charge in [-0.1, -0.05) is 6.92 Å². The van der Waals surface area contributed by atoms with Crippen LogP contribution in [0.4, 0.5) is 28.9 Å². The van der Waals surface area contributed by atoms with Crippen LogP contribution < -0.4 is 0 Å². The maximum Gasteiger partial charge on any atom is 0.340 e. The standard InChI is InChI=1S/C8H5F2NO4.C8H7F2NO2/c9-5-1-4(3-7(12)13)2-6(10)8(5)11(14)15;1-2-5-3-6(9)8(11(12)13)7(10)4-5/h1-2H,3H2,(H,12,13);3-4H,2H2,1H3. The van der Waals surface area contributed by atoms with Crippen molar-refractivity contribution in [1.82, 2.24) is 0 Å². The zero-order chi connectivity index (χ0) is 21.6. The summed E-state index contributed by atoms with van der Waals surface area (Å²) in [6, 6.07) is 3.22. The number of nitro benzene ring substituents is 2. The lowest BCUT2D eigenvalue weighted by Gasteiger charge is -1.99. The van der Waals surface area contributed by atoms with Crippen LogP contribution in [0.3, 0.4) is 0 Å². The molecule has 150 valence electrons. The van der Waals surface area contributed by atoms with Crippen molar-refractivity contribution in [2.75, 3.05) is 0 Å². The van der Waals surface area contributed by atoms with E-state index in [2.05, 4.69) is 0 Å². The number of nitrogens with zero attached hydrogens (tertiary/aromatic N) is 2. The molecule has 2 rings (SSSR count). The van der Waals surface area contributed by atoms with Crippen molar-refractivity contribution in [3.05, 3.63) is 78.9 Å². The van der Waals surface area contributed by atoms with E-state index in [1.54, 1.807) is 6.92 Å². The summed E-state index contributed by atoms with van der Waals surface area (Å²) in [5, 5.41) is 28.7. The van der Waals surface area contributed by atoms with Gasteiger partial charge in [0.1, 0.15) is 0 Å². The molecule has 0 saturated carbocycles. The molecule has 0 saturated heterocycles. The van der Waals surface area contributed by atoms with Gasteiger partial charge < -0.3 is 5.11 Å². The molecule has 0 unspecified atom stereocenters. The van der Waals surface area contributed by atoms with Crippen molar-refractivity contribution in [2.45, 2.75) is 19.8 Å². The second-order valence-electron chi connectivity index (χ2n) is 5.25. The average Bonchev–Trinajstić information content (AvgIpc) is 2.52. The SMILES string of the molecule is CCc1cc(F)c([N+](=O)[O-])c(F)c1.O=C(O)Cc1cc(F)c([N+](=O)[O-])c(F)c1. The molecule has 0 amide bonds. The van der Waals surface area contributed by atoms with E-state index in [-0.39, 0.29) is 5.56 Å². The molecule has 1 N–H and O–H groups in total. The minimum absolute atomic E-state index is 0.164. The fourth-order valence-corrected chi connectivity index (χ4v) is 2.07. The van der Waals surface area contributed by atoms with Crippen LogP contribution in [0.25, 0.3) is 0 Å². The fourth-order valence-electron chi connectivity index (χ4n) is 2.07. The van der Waals surface area contributed by atoms with Gasteiger partial charge in [0.2, 0.25) is 23.3 Å². The molecule has 28 heavy (non-hydrogen) atoms. The molecule has 0 bridgehead atoms. The summed E-state index contributed by atoms with van der Waals surface area (Å²) in [7, 11) is 0. The van der Waals surface area contributed by atoms with Crippen molar-refractivity contribution in [3.8, 4) is 0 Å². The molecular weight excluding hydrogens is 392 g/mol. The Morgan fingerprint density at radius 1 is 0.857 bits per heavy atom. The monoisotopic (exact) mass is 404 g/mol. The summed E-state index contributed by atoms with van der Waals surface area (Å²) in [6.07, 6.45) is -0.155. The number of aliphatic carboxylic acids is 1. The first-order chi connectivity index (χ1) is 13.0. The van der Waals surface area contributed by atoms with Crippen LogP contribution in [0.2, 0.25) is 0 Å². The number of nitro groups is 2. The van der Waals surface area contributed by atoms with E-state index in [4.69, 9.17) is 5.11 Å². The van der Waals surface area contributed by atoms with Crippen molar-refractivity contribution in [2.24, 2.45) is 0 Å². The maximum absolute atomic E-state index is 12.9. The zero-order valence-corrected chi connectivity index (χ0v) is 14.1. The van der Waals surface area contributed by atoms with Gasteiger partial charge in [0.15, 0.2) is 0 Å². The van der Waals surface area contributed by atoms with Gasteiger partial charge in [0, 0.05) is 0 Å². The number of hydrogen-bond donors (Lipinski definition) is 1. The molecule has 0 heterocycles. The lowest BCUT2D eigenvalue weighted by atomic mass is 10.1. The Morgan fingerprint density at radius 2 is 1.18 bits per heavy atom. The van der Waals surface area contributed by atoms with E-state index < -0.39 is 56.9 Å². The van der Waals surface area contributed by atoms with E-state index in [9.17, 15) is 42.6 Å². The average molecular weight is 404 g/mol. The van der Waals surface area contributed by atoms with Gasteiger partial charge in [-0.15, -0.1) is 0 Å². The smallest absolute Gasteiger partial charge is 0.340 e. The normalized spacial score (nSPS) is 10.0. The van der Waals surface area contributed by atoms with Gasteiger partial charge in [-0.05, 0) is 41.8 Å². The summed E-state index contributed by atoms with van der Waals surface area (Å²) >= 11 is 0. The summed E-state index contributed by atoms with van der Waals surface area (Å²) in [5.74, 6) is -6.28. The highest BCUT2D eigenvalue weighted by Crippen LogP contribution is 2.23. The number of hydrogen-bond acceptors (Lipinski definition) is 5. The maximum atomic E-state index is 12.9. The Balaban J connectivity index is 0.000000283. The molecule has 0 aliphatic rings. The number of carboxylic acid groups (broad SMARTS) is 1. The predicted octanol–water partition coefficient (Wildman–Crippen LogP) is 3.94. The summed E-state index contributed by atoms with van der Waals surface area (Å²) in [6.45, 7) is 1.71. The van der Waals surface area contributed by atoms with E-state index in [1.807, 2.05) is 0 Å². The van der Waals surface area contributed by atoms with Crippen LogP contribution in [0.5, 0.6) is 0 Å². The highest BCUT2D eigenvalue weighted by Gasteiger charge is 2.22. The van der Waals surface area contributed by atoms with Crippen LogP contribution >= 0.6 is 0 Å². The number of carbonyl (C=O) groups is 1. The second-order valence-corrected chi connectivity index (χ2v) is 5.25. The fraction of sp³-hybridized carbons (Fsp3) is 0.188. The summed E-state index contributed by atoms with van der Waals surface area (Å²) in [4.78, 5) is 28.3. The number of carboxylic acids is 1. The van der Waals surface area contributed by atoms with Gasteiger partial charge >= 0.3 is 17.3 Å². The highest BCUT2D eigenvalue weighted by atomic mass is 19.1. The summed E-state index contributed by atoms with van der Waals surface area (Å²) in [5.41, 5.74) is -2.12. The molecule has 2 aromatic rings. The van der Waals surface area contributed by atoms with Crippen molar-refractivity contribution >= 4 is 17.3 Å². The third kappa shape index (κ3) is 5.72. The largest absolute Gasteiger partial charge is 0.481 e. The summed E-state index contributed by atoms with van der Waals surface area (Å²) < 4.78 is 51.6. The zero-order valence-electron chi connectivity index (χ0n) is 14.1. The van der Waals surface area contributed by atoms with Crippen molar-refractivity contribution < 1.29 is 37.3 Å². The lowest BCUT2D eigenvalue weighted by molar-refractivity contribution is -0.390. The van der Waals surface area contributed by atoms with Crippen LogP contribution in [0, 0.1) is 43.5 Å². The van der Waals surface area contributed by atoms with Gasteiger partial charge in [-0.25, -0.2) is 0 Å². The van der Waals surface area contributed by atoms with E-state index in [1.165, 1.54) is 0 Å². The molecule has 0 fully saturated rings. The minimum atomic E-state index is -1.38. The van der Waals surface area contributed by atoms with Crippen LogP contribution in [-0.4, -0.2) is 20.9 Å². The van der Waals surface area contributed by atoms with Crippen LogP contribution in [0.1, 0.15) is 18.1 Å². The second kappa shape index (κ2) is 9.39. The van der Waals surface area contributed by atoms with Crippen LogP contribution in [0.15, 0.2) is 24.3 Å². The van der Waals surface area contributed by atoms with Gasteiger partial charge in [0.25, 0.3) is 0 Å². The number of aryl methyl sites for hydroxylation is 1. The number of benzene rings is 2. The topological polar surface area (TPSA) is 124 Å². The Morgan fingerprint density at radius 3 is 1.43 bits per heavy atom. The van der Waals surface area contributed by atoms with E-state index in [0.717, 1.165) is 12.1 Å². The number of halogens is 4. The van der Waals surface area contributed by atoms with Gasteiger partial charge in [0.05, 0.1) is 16.3 Å². The molecular formula is C16H12F4N2O6. The third-order valence-electron chi connectivity index (χ3n) is 3.28. The first-order valence-corrected chi connectivity index (χ1v) is 7.44.